The van der Waals surface area contributed by atoms with Crippen LogP contribution in [-0.4, -0.2) is 60.8 Å². The molecule has 0 unspecified atom stereocenters. The smallest absolute Gasteiger partial charge is 1.00 e. The van der Waals surface area contributed by atoms with Crippen molar-refractivity contribution in [2.45, 2.75) is 88.4 Å². The van der Waals surface area contributed by atoms with Crippen molar-refractivity contribution in [1.82, 2.24) is 0 Å². The number of hydrogen-bond donors (Lipinski definition) is 1. The summed E-state index contributed by atoms with van der Waals surface area (Å²) >= 11 is 1.74. The van der Waals surface area contributed by atoms with E-state index in [4.69, 9.17) is 5.73 Å². The Morgan fingerprint density at radius 2 is 1.32 bits per heavy atom. The Balaban J connectivity index is 0.00000360. The summed E-state index contributed by atoms with van der Waals surface area (Å²) in [6.45, 7) is 10.2. The van der Waals surface area contributed by atoms with Gasteiger partial charge in [0.15, 0.2) is 5.71 Å². The summed E-state index contributed by atoms with van der Waals surface area (Å²) in [5.74, 6) is -0.763. The van der Waals surface area contributed by atoms with Gasteiger partial charge in [0.25, 0.3) is 0 Å². The number of unbranched alkanes of at least 4 members (excludes halogenated alkanes) is 2. The van der Waals surface area contributed by atoms with Gasteiger partial charge in [-0.2, -0.15) is 4.58 Å². The predicted molar refractivity (Wildman–Crippen MR) is 262 cm³/mol. The number of nitrogens with two attached hydrogens (primary N) is 1. The van der Waals surface area contributed by atoms with E-state index in [-0.39, 0.29) is 88.7 Å². The first-order valence-electron chi connectivity index (χ1n) is 22.1. The van der Waals surface area contributed by atoms with Crippen molar-refractivity contribution >= 4 is 76.3 Å². The molecule has 2 N–H and O–H groups in total. The van der Waals surface area contributed by atoms with Gasteiger partial charge >= 0.3 is 29.6 Å². The van der Waals surface area contributed by atoms with Crippen LogP contribution in [0.25, 0.3) is 21.5 Å². The number of anilines is 2. The summed E-state index contributed by atoms with van der Waals surface area (Å²) in [5.41, 5.74) is 15.4. The molecule has 5 aromatic rings. The van der Waals surface area contributed by atoms with Crippen LogP contribution in [0.2, 0.25) is 0 Å². The topological polar surface area (TPSA) is 147 Å². The van der Waals surface area contributed by atoms with Gasteiger partial charge in [-0.1, -0.05) is 92.4 Å². The minimum Gasteiger partial charge on any atom is -1.00 e. The van der Waals surface area contributed by atoms with Crippen LogP contribution in [-0.2, 0) is 31.1 Å². The molecule has 0 spiro atoms. The Labute approximate surface area is 434 Å². The van der Waals surface area contributed by atoms with Crippen LogP contribution in [0.5, 0.6) is 0 Å². The van der Waals surface area contributed by atoms with Gasteiger partial charge in [0, 0.05) is 74.5 Å². The molecule has 0 saturated carbocycles. The molecule has 2 aliphatic heterocycles. The quantitative estimate of drug-likeness (QED) is 0.0382. The van der Waals surface area contributed by atoms with Crippen LogP contribution >= 0.6 is 11.8 Å². The minimum atomic E-state index is -4.31. The molecule has 0 bridgehead atoms. The van der Waals surface area contributed by atoms with Gasteiger partial charge in [0.05, 0.1) is 25.7 Å². The largest absolute Gasteiger partial charge is 1.00 e. The van der Waals surface area contributed by atoms with Gasteiger partial charge < -0.3 is 43.7 Å². The Bertz CT molecular complexity index is 3030. The average molecular weight is 1070 g/mol. The van der Waals surface area contributed by atoms with Crippen LogP contribution in [0.3, 0.4) is 0 Å². The van der Waals surface area contributed by atoms with Crippen molar-refractivity contribution in [2.75, 3.05) is 35.2 Å². The van der Waals surface area contributed by atoms with Gasteiger partial charge in [-0.05, 0) is 133 Å². The Morgan fingerprint density at radius 1 is 0.712 bits per heavy atom. The monoisotopic (exact) mass is 1060 g/mol. The fourth-order valence-corrected chi connectivity index (χ4v) is 12.2. The first-order valence-corrected chi connectivity index (χ1v) is 26.1. The van der Waals surface area contributed by atoms with E-state index in [0.717, 1.165) is 57.7 Å². The zero-order valence-electron chi connectivity index (χ0n) is 38.3. The van der Waals surface area contributed by atoms with E-state index < -0.39 is 20.2 Å². The molecule has 2 heterocycles. The van der Waals surface area contributed by atoms with Crippen molar-refractivity contribution in [3.63, 3.8) is 0 Å². The van der Waals surface area contributed by atoms with Crippen LogP contribution in [0.15, 0.2) is 148 Å². The van der Waals surface area contributed by atoms with Crippen molar-refractivity contribution in [3.05, 3.63) is 154 Å². The molecular weight excluding hydrogens is 1010 g/mol. The number of rotatable bonds is 15. The van der Waals surface area contributed by atoms with E-state index in [2.05, 4.69) is 146 Å². The molecule has 342 valence electrons. The molecule has 0 aromatic heterocycles. The van der Waals surface area contributed by atoms with Crippen molar-refractivity contribution in [3.8, 4) is 0 Å². The first-order chi connectivity index (χ1) is 30.4. The summed E-state index contributed by atoms with van der Waals surface area (Å²) in [7, 11) is -8.62. The number of allylic oxidation sites excluding steroid dienone is 7. The number of thioether (sulfide) groups is 1. The number of hydrogen-bond acceptors (Lipinski definition) is 9. The second-order valence-electron chi connectivity index (χ2n) is 18.2. The molecule has 0 atom stereocenters. The number of halogens is 1. The van der Waals surface area contributed by atoms with Crippen LogP contribution in [0.4, 0.5) is 17.1 Å². The third kappa shape index (κ3) is 11.3. The van der Waals surface area contributed by atoms with Crippen molar-refractivity contribution in [2.24, 2.45) is 0 Å². The van der Waals surface area contributed by atoms with E-state index in [1.807, 2.05) is 12.1 Å². The summed E-state index contributed by atoms with van der Waals surface area (Å²) in [6.07, 6.45) is 13.5. The molecule has 0 saturated heterocycles. The fourth-order valence-electron chi connectivity index (χ4n) is 10.0. The Hall–Kier alpha value is -3.25. The molecule has 14 heteroatoms. The van der Waals surface area contributed by atoms with E-state index in [9.17, 15) is 25.9 Å². The van der Waals surface area contributed by atoms with Gasteiger partial charge in [-0.3, -0.25) is 0 Å². The zero-order valence-corrected chi connectivity index (χ0v) is 45.0. The molecule has 0 fully saturated rings. The number of fused-ring (bicyclic) bond motifs is 6. The predicted octanol–water partition coefficient (Wildman–Crippen LogP) is 5.00. The second-order valence-corrected chi connectivity index (χ2v) is 22.3. The Morgan fingerprint density at radius 3 is 1.97 bits per heavy atom. The van der Waals surface area contributed by atoms with E-state index >= 15 is 0 Å². The molecule has 1 aliphatic carbocycles. The fraction of sp³-hybridized carbons (Fsp3) is 0.327. The number of nitrogen functional groups attached to an aromatic ring is 1. The molecule has 0 radical (unpaired) electrons. The molecule has 3 aliphatic rings. The molecular formula is C52H56IN3NaO6S3-. The molecule has 66 heavy (non-hydrogen) atoms. The van der Waals surface area contributed by atoms with Crippen LogP contribution in [0, 0.1) is 0 Å². The summed E-state index contributed by atoms with van der Waals surface area (Å²) in [5, 5.41) is 4.69. The first kappa shape index (κ1) is 52.1. The maximum absolute atomic E-state index is 11.5. The second kappa shape index (κ2) is 21.2. The van der Waals surface area contributed by atoms with Gasteiger partial charge in [0.2, 0.25) is 5.69 Å². The molecule has 5 aromatic carbocycles. The molecule has 8 rings (SSSR count). The van der Waals surface area contributed by atoms with E-state index in [1.54, 1.807) is 11.8 Å². The third-order valence-corrected chi connectivity index (χ3v) is 15.8. The van der Waals surface area contributed by atoms with Gasteiger partial charge in [-0.25, -0.2) is 16.8 Å². The van der Waals surface area contributed by atoms with Gasteiger partial charge in [-0.15, -0.1) is 0 Å². The van der Waals surface area contributed by atoms with Gasteiger partial charge in [0.1, 0.15) is 6.54 Å². The Kier molecular flexibility index (Phi) is 16.7. The maximum Gasteiger partial charge on any atom is 1.00 e. The van der Waals surface area contributed by atoms with Crippen LogP contribution < -0.4 is 64.2 Å². The SMILES string of the molecule is CC1(C)C(/C=C/C2=C(Sc3ccc(N)cc3)C(=C/C=C3/N(CCCCS(=O)(=O)[O-])c4ccc5ccccc5c4C3(C)C)/CCC2)=[N+](CCCCS(=O)(=O)[O-])c2ccc3ccccc3c21.[I-].[Na+]. The molecule has 0 amide bonds. The average Bonchev–Trinajstić information content (AvgIpc) is 3.61. The molecule has 9 nitrogen and oxygen atoms in total. The van der Waals surface area contributed by atoms with E-state index in [0.29, 0.717) is 31.6 Å². The number of benzene rings is 5. The summed E-state index contributed by atoms with van der Waals surface area (Å²) < 4.78 is 71.5. The minimum absolute atomic E-state index is 0. The number of nitrogens with zero attached hydrogens (tertiary/aromatic N) is 2. The summed E-state index contributed by atoms with van der Waals surface area (Å²) in [6, 6.07) is 33.5. The van der Waals surface area contributed by atoms with Crippen molar-refractivity contribution < 1.29 is 84.1 Å². The van der Waals surface area contributed by atoms with E-state index in [1.165, 1.54) is 38.0 Å². The summed E-state index contributed by atoms with van der Waals surface area (Å²) in [4.78, 5) is 4.58. The zero-order chi connectivity index (χ0) is 45.4. The van der Waals surface area contributed by atoms with Crippen molar-refractivity contribution in [1.29, 1.82) is 0 Å². The van der Waals surface area contributed by atoms with Crippen LogP contribution in [0.1, 0.15) is 83.8 Å². The normalized spacial score (nSPS) is 18.1. The third-order valence-electron chi connectivity index (χ3n) is 13.0. The maximum atomic E-state index is 11.5. The standard InChI is InChI=1S/C52H57N3O6S3.HI.Na/c1-51(2)46(54(32-9-11-34-63(56,57)58)44-28-20-36-14-5-7-18-42(36)48(44)51)30-22-38-16-13-17-39(50(38)62-41-26-24-40(53)25-27-41)23-31-47-52(3,4)49-43-19-8-6-15-37(43)21-29-45(49)55(47)33-10-12-35-64(59,60)61;;/h5-8,14-15,18-31H,9-13,16-17,32-35,53H2,1-4H3,(H-,56,57,58,59,60,61);1H;/q;;+1/p-2.